The van der Waals surface area contributed by atoms with Gasteiger partial charge in [0.1, 0.15) is 0 Å². The Morgan fingerprint density at radius 3 is 2.41 bits per heavy atom. The molecule has 29 heavy (non-hydrogen) atoms. The van der Waals surface area contributed by atoms with Crippen LogP contribution in [-0.2, 0) is 27.6 Å². The van der Waals surface area contributed by atoms with Gasteiger partial charge in [-0.05, 0) is 55.7 Å². The van der Waals surface area contributed by atoms with Crippen molar-refractivity contribution in [1.82, 2.24) is 4.57 Å². The highest BCUT2D eigenvalue weighted by molar-refractivity contribution is 7.90. The highest BCUT2D eigenvalue weighted by Gasteiger charge is 2.13. The second kappa shape index (κ2) is 8.08. The maximum Gasteiger partial charge on any atom is 0.252 e. The minimum absolute atomic E-state index is 0.229. The standard InChI is InChI=1S/C22H24N2O3S2/c1-6-9-24-19-8-7-17(29(5,26)27)12-20(19)28-22(24)23-21(25)13-18-15(3)10-14(2)11-16(18)4/h6-8,10-12H,1,9,13H2,2-5H3. The summed E-state index contributed by atoms with van der Waals surface area (Å²) in [7, 11) is -3.31. The van der Waals surface area contributed by atoms with Crippen LogP contribution < -0.4 is 4.80 Å². The van der Waals surface area contributed by atoms with Crippen LogP contribution in [0.5, 0.6) is 0 Å². The Balaban J connectivity index is 2.08. The topological polar surface area (TPSA) is 68.5 Å². The lowest BCUT2D eigenvalue weighted by molar-refractivity contribution is -0.117. The number of rotatable bonds is 5. The van der Waals surface area contributed by atoms with Gasteiger partial charge in [-0.3, -0.25) is 4.79 Å². The summed E-state index contributed by atoms with van der Waals surface area (Å²) < 4.78 is 26.4. The van der Waals surface area contributed by atoms with Crippen LogP contribution in [0.3, 0.4) is 0 Å². The number of thiazole rings is 1. The van der Waals surface area contributed by atoms with Gasteiger partial charge in [0.15, 0.2) is 14.6 Å². The second-order valence-corrected chi connectivity index (χ2v) is 10.3. The maximum atomic E-state index is 12.7. The third kappa shape index (κ3) is 4.57. The molecule has 0 bridgehead atoms. The van der Waals surface area contributed by atoms with E-state index in [9.17, 15) is 13.2 Å². The molecule has 0 atom stereocenters. The first-order valence-corrected chi connectivity index (χ1v) is 11.9. The van der Waals surface area contributed by atoms with Gasteiger partial charge in [-0.2, -0.15) is 4.99 Å². The van der Waals surface area contributed by atoms with Gasteiger partial charge in [0, 0.05) is 12.8 Å². The smallest absolute Gasteiger partial charge is 0.252 e. The fourth-order valence-electron chi connectivity index (χ4n) is 3.46. The third-order valence-electron chi connectivity index (χ3n) is 4.78. The van der Waals surface area contributed by atoms with Gasteiger partial charge in [0.25, 0.3) is 5.91 Å². The number of aromatic nitrogens is 1. The van der Waals surface area contributed by atoms with Crippen LogP contribution in [0.2, 0.25) is 0 Å². The Morgan fingerprint density at radius 1 is 1.17 bits per heavy atom. The van der Waals surface area contributed by atoms with Crippen molar-refractivity contribution in [3.8, 4) is 0 Å². The minimum Gasteiger partial charge on any atom is -0.313 e. The predicted octanol–water partition coefficient (Wildman–Crippen LogP) is 3.89. The second-order valence-electron chi connectivity index (χ2n) is 7.25. The van der Waals surface area contributed by atoms with Gasteiger partial charge in [-0.15, -0.1) is 6.58 Å². The first-order valence-electron chi connectivity index (χ1n) is 9.19. The van der Waals surface area contributed by atoms with Crippen molar-refractivity contribution in [1.29, 1.82) is 0 Å². The molecule has 0 fully saturated rings. The molecule has 0 saturated heterocycles. The van der Waals surface area contributed by atoms with Crippen LogP contribution in [0.4, 0.5) is 0 Å². The number of carbonyl (C=O) groups excluding carboxylic acids is 1. The normalized spacial score (nSPS) is 12.5. The predicted molar refractivity (Wildman–Crippen MR) is 118 cm³/mol. The first kappa shape index (κ1) is 21.2. The van der Waals surface area contributed by atoms with E-state index in [4.69, 9.17) is 0 Å². The Labute approximate surface area is 175 Å². The number of nitrogens with zero attached hydrogens (tertiary/aromatic N) is 2. The number of benzene rings is 2. The SMILES string of the molecule is C=CCn1c(=NC(=O)Cc2c(C)cc(C)cc2C)sc2cc(S(C)(=O)=O)ccc21. The third-order valence-corrected chi connectivity index (χ3v) is 6.93. The van der Waals surface area contributed by atoms with E-state index >= 15 is 0 Å². The summed E-state index contributed by atoms with van der Waals surface area (Å²) in [6.07, 6.45) is 3.14. The average Bonchev–Trinajstić information content (AvgIpc) is 2.94. The van der Waals surface area contributed by atoms with Gasteiger partial charge in [0.2, 0.25) is 0 Å². The van der Waals surface area contributed by atoms with E-state index < -0.39 is 9.84 Å². The zero-order valence-electron chi connectivity index (χ0n) is 17.0. The highest BCUT2D eigenvalue weighted by Crippen LogP contribution is 2.22. The van der Waals surface area contributed by atoms with E-state index in [1.54, 1.807) is 24.3 Å². The number of hydrogen-bond acceptors (Lipinski definition) is 4. The van der Waals surface area contributed by atoms with Gasteiger partial charge in [-0.25, -0.2) is 8.42 Å². The highest BCUT2D eigenvalue weighted by atomic mass is 32.2. The van der Waals surface area contributed by atoms with Crippen molar-refractivity contribution in [3.05, 3.63) is 70.0 Å². The fourth-order valence-corrected chi connectivity index (χ4v) is 5.28. The number of aryl methyl sites for hydroxylation is 3. The maximum absolute atomic E-state index is 12.7. The summed E-state index contributed by atoms with van der Waals surface area (Å²) in [5, 5.41) is 0. The monoisotopic (exact) mass is 428 g/mol. The Kier molecular flexibility index (Phi) is 5.91. The van der Waals surface area contributed by atoms with Crippen molar-refractivity contribution < 1.29 is 13.2 Å². The number of hydrogen-bond donors (Lipinski definition) is 0. The zero-order valence-corrected chi connectivity index (χ0v) is 18.7. The van der Waals surface area contributed by atoms with Crippen molar-refractivity contribution in [2.45, 2.75) is 38.6 Å². The molecule has 1 heterocycles. The molecule has 7 heteroatoms. The molecule has 3 rings (SSSR count). The van der Waals surface area contributed by atoms with Gasteiger partial charge < -0.3 is 4.57 Å². The molecule has 0 spiro atoms. The molecule has 0 N–H and O–H groups in total. The Bertz CT molecular complexity index is 1270. The lowest BCUT2D eigenvalue weighted by atomic mass is 9.97. The number of amides is 1. The molecule has 152 valence electrons. The van der Waals surface area contributed by atoms with Crippen molar-refractivity contribution in [2.24, 2.45) is 4.99 Å². The van der Waals surface area contributed by atoms with Crippen LogP contribution in [-0.4, -0.2) is 25.1 Å². The largest absolute Gasteiger partial charge is 0.313 e. The summed E-state index contributed by atoms with van der Waals surface area (Å²) in [6, 6.07) is 9.10. The van der Waals surface area contributed by atoms with E-state index in [1.165, 1.54) is 23.2 Å². The molecular formula is C22H24N2O3S2. The van der Waals surface area contributed by atoms with Crippen LogP contribution >= 0.6 is 11.3 Å². The number of fused-ring (bicyclic) bond motifs is 1. The van der Waals surface area contributed by atoms with Crippen molar-refractivity contribution in [2.75, 3.05) is 6.26 Å². The average molecular weight is 429 g/mol. The van der Waals surface area contributed by atoms with Crippen LogP contribution in [0, 0.1) is 20.8 Å². The molecule has 0 aliphatic rings. The summed E-state index contributed by atoms with van der Waals surface area (Å²) >= 11 is 1.31. The van der Waals surface area contributed by atoms with Crippen molar-refractivity contribution in [3.63, 3.8) is 0 Å². The molecule has 0 unspecified atom stereocenters. The van der Waals surface area contributed by atoms with Crippen LogP contribution in [0.1, 0.15) is 22.3 Å². The molecule has 1 aromatic heterocycles. The summed E-state index contributed by atoms with van der Waals surface area (Å²) in [5.41, 5.74) is 5.16. The number of allylic oxidation sites excluding steroid dienone is 1. The molecule has 1 amide bonds. The summed E-state index contributed by atoms with van der Waals surface area (Å²) in [4.78, 5) is 17.9. The summed E-state index contributed by atoms with van der Waals surface area (Å²) in [5.74, 6) is -0.229. The Hall–Kier alpha value is -2.51. The van der Waals surface area contributed by atoms with E-state index in [0.717, 1.165) is 26.9 Å². The van der Waals surface area contributed by atoms with Crippen LogP contribution in [0.15, 0.2) is 52.9 Å². The first-order chi connectivity index (χ1) is 13.6. The quantitative estimate of drug-likeness (QED) is 0.579. The van der Waals surface area contributed by atoms with E-state index in [2.05, 4.69) is 23.7 Å². The van der Waals surface area contributed by atoms with E-state index in [1.807, 2.05) is 25.3 Å². The molecule has 5 nitrogen and oxygen atoms in total. The van der Waals surface area contributed by atoms with Crippen molar-refractivity contribution >= 4 is 37.3 Å². The zero-order chi connectivity index (χ0) is 21.3. The van der Waals surface area contributed by atoms with Gasteiger partial charge >= 0.3 is 0 Å². The molecule has 3 aromatic rings. The number of carbonyl (C=O) groups is 1. The van der Waals surface area contributed by atoms with Gasteiger partial charge in [0.05, 0.1) is 21.5 Å². The van der Waals surface area contributed by atoms with E-state index in [-0.39, 0.29) is 17.2 Å². The molecule has 0 aliphatic heterocycles. The lowest BCUT2D eigenvalue weighted by Crippen LogP contribution is -2.17. The van der Waals surface area contributed by atoms with Crippen LogP contribution in [0.25, 0.3) is 10.2 Å². The number of sulfone groups is 1. The molecule has 0 radical (unpaired) electrons. The minimum atomic E-state index is -3.31. The molecule has 2 aromatic carbocycles. The summed E-state index contributed by atoms with van der Waals surface area (Å²) in [6.45, 7) is 10.3. The molecule has 0 saturated carbocycles. The van der Waals surface area contributed by atoms with Gasteiger partial charge in [-0.1, -0.05) is 35.1 Å². The van der Waals surface area contributed by atoms with E-state index in [0.29, 0.717) is 11.3 Å². The lowest BCUT2D eigenvalue weighted by Gasteiger charge is -2.09. The molecular weight excluding hydrogens is 404 g/mol. The molecule has 0 aliphatic carbocycles. The Morgan fingerprint density at radius 2 is 1.83 bits per heavy atom. The fraction of sp³-hybridized carbons (Fsp3) is 0.273.